The lowest BCUT2D eigenvalue weighted by atomic mass is 10.0. The minimum absolute atomic E-state index is 0.0281. The number of rotatable bonds is 6. The Hall–Kier alpha value is -3.44. The van der Waals surface area contributed by atoms with Gasteiger partial charge < -0.3 is 9.32 Å². The fourth-order valence-corrected chi connectivity index (χ4v) is 3.78. The van der Waals surface area contributed by atoms with Crippen LogP contribution in [0.25, 0.3) is 22.6 Å². The number of benzene rings is 3. The van der Waals surface area contributed by atoms with Crippen LogP contribution in [0.4, 0.5) is 0 Å². The Kier molecular flexibility index (Phi) is 5.26. The van der Waals surface area contributed by atoms with Crippen LogP contribution in [0, 0.1) is 0 Å². The first-order chi connectivity index (χ1) is 15.2. The smallest absolute Gasteiger partial charge is 0.254 e. The summed E-state index contributed by atoms with van der Waals surface area (Å²) in [6, 6.07) is 25.4. The molecule has 5 rings (SSSR count). The van der Waals surface area contributed by atoms with Gasteiger partial charge in [-0.3, -0.25) is 4.79 Å². The normalized spacial score (nSPS) is 13.2. The number of hydrogen-bond donors (Lipinski definition) is 0. The van der Waals surface area contributed by atoms with Crippen molar-refractivity contribution in [3.8, 4) is 22.6 Å². The highest BCUT2D eigenvalue weighted by atomic mass is 35.5. The van der Waals surface area contributed by atoms with E-state index in [9.17, 15) is 4.79 Å². The van der Waals surface area contributed by atoms with Gasteiger partial charge in [-0.25, -0.2) is 0 Å². The molecule has 0 bridgehead atoms. The van der Waals surface area contributed by atoms with Crippen LogP contribution in [-0.4, -0.2) is 27.0 Å². The van der Waals surface area contributed by atoms with Crippen molar-refractivity contribution in [1.29, 1.82) is 0 Å². The molecule has 1 amide bonds. The summed E-state index contributed by atoms with van der Waals surface area (Å²) >= 11 is 6.23. The van der Waals surface area contributed by atoms with E-state index in [0.29, 0.717) is 27.9 Å². The maximum absolute atomic E-state index is 13.2. The average Bonchev–Trinajstić information content (AvgIpc) is 3.56. The maximum Gasteiger partial charge on any atom is 0.254 e. The molecule has 1 aromatic heterocycles. The van der Waals surface area contributed by atoms with Crippen molar-refractivity contribution >= 4 is 17.5 Å². The Morgan fingerprint density at radius 1 is 0.903 bits per heavy atom. The van der Waals surface area contributed by atoms with Crippen molar-refractivity contribution in [3.05, 3.63) is 95.3 Å². The summed E-state index contributed by atoms with van der Waals surface area (Å²) in [5.74, 6) is 0.728. The first-order valence-electron chi connectivity index (χ1n) is 10.2. The third-order valence-electron chi connectivity index (χ3n) is 5.36. The molecule has 154 valence electrons. The molecule has 5 nitrogen and oxygen atoms in total. The highest BCUT2D eigenvalue weighted by Gasteiger charge is 2.34. The molecular weight excluding hydrogens is 410 g/mol. The minimum atomic E-state index is -0.0281. The largest absolute Gasteiger partial charge is 0.419 e. The highest BCUT2D eigenvalue weighted by molar-refractivity contribution is 6.33. The number of aromatic nitrogens is 2. The van der Waals surface area contributed by atoms with Gasteiger partial charge in [0, 0.05) is 11.6 Å². The van der Waals surface area contributed by atoms with E-state index < -0.39 is 0 Å². The van der Waals surface area contributed by atoms with Crippen LogP contribution in [0.15, 0.2) is 83.3 Å². The van der Waals surface area contributed by atoms with Crippen molar-refractivity contribution < 1.29 is 9.21 Å². The fourth-order valence-electron chi connectivity index (χ4n) is 3.56. The molecule has 0 atom stereocenters. The zero-order valence-corrected chi connectivity index (χ0v) is 17.5. The Labute approximate surface area is 185 Å². The predicted octanol–water partition coefficient (Wildman–Crippen LogP) is 5.86. The standard InChI is InChI=1S/C25H20ClN3O2/c26-22-9-5-4-8-21(22)24-28-27-23(31-24)16-29(20-14-15-20)25(30)19-12-10-18(11-13-19)17-6-2-1-3-7-17/h1-13,20H,14-16H2. The molecule has 0 saturated heterocycles. The zero-order chi connectivity index (χ0) is 21.2. The van der Waals surface area contributed by atoms with Gasteiger partial charge in [0.2, 0.25) is 11.8 Å². The second-order valence-corrected chi connectivity index (χ2v) is 8.00. The van der Waals surface area contributed by atoms with Gasteiger partial charge >= 0.3 is 0 Å². The van der Waals surface area contributed by atoms with E-state index in [4.69, 9.17) is 16.0 Å². The molecule has 1 heterocycles. The van der Waals surface area contributed by atoms with Crippen LogP contribution in [-0.2, 0) is 6.54 Å². The van der Waals surface area contributed by atoms with Gasteiger partial charge in [-0.1, -0.05) is 66.2 Å². The number of amides is 1. The first kappa shape index (κ1) is 19.5. The summed E-state index contributed by atoms with van der Waals surface area (Å²) < 4.78 is 5.82. The van der Waals surface area contributed by atoms with Gasteiger partial charge in [0.15, 0.2) is 0 Å². The molecule has 0 unspecified atom stereocenters. The molecule has 0 aliphatic heterocycles. The lowest BCUT2D eigenvalue weighted by Gasteiger charge is -2.20. The molecule has 1 fully saturated rings. The summed E-state index contributed by atoms with van der Waals surface area (Å²) in [5.41, 5.74) is 3.54. The topological polar surface area (TPSA) is 59.2 Å². The van der Waals surface area contributed by atoms with Crippen molar-refractivity contribution in [2.45, 2.75) is 25.4 Å². The molecule has 0 spiro atoms. The molecular formula is C25H20ClN3O2. The van der Waals surface area contributed by atoms with Crippen LogP contribution in [0.3, 0.4) is 0 Å². The molecule has 1 aliphatic carbocycles. The van der Waals surface area contributed by atoms with Gasteiger partial charge in [0.1, 0.15) is 0 Å². The SMILES string of the molecule is O=C(c1ccc(-c2ccccc2)cc1)N(Cc1nnc(-c2ccccc2Cl)o1)C1CC1. The summed E-state index contributed by atoms with van der Waals surface area (Å²) in [6.07, 6.45) is 1.97. The predicted molar refractivity (Wildman–Crippen MR) is 120 cm³/mol. The van der Waals surface area contributed by atoms with Gasteiger partial charge in [0.05, 0.1) is 17.1 Å². The first-order valence-corrected chi connectivity index (χ1v) is 10.6. The molecule has 3 aromatic carbocycles. The van der Waals surface area contributed by atoms with E-state index >= 15 is 0 Å². The van der Waals surface area contributed by atoms with E-state index in [2.05, 4.69) is 22.3 Å². The molecule has 6 heteroatoms. The summed E-state index contributed by atoms with van der Waals surface area (Å²) in [6.45, 7) is 0.279. The lowest BCUT2D eigenvalue weighted by Crippen LogP contribution is -2.32. The van der Waals surface area contributed by atoms with Crippen molar-refractivity contribution in [2.24, 2.45) is 0 Å². The molecule has 1 aliphatic rings. The van der Waals surface area contributed by atoms with Crippen LogP contribution in [0.1, 0.15) is 29.1 Å². The Bertz CT molecular complexity index is 1200. The third-order valence-corrected chi connectivity index (χ3v) is 5.69. The minimum Gasteiger partial charge on any atom is -0.419 e. The second kappa shape index (κ2) is 8.36. The highest BCUT2D eigenvalue weighted by Crippen LogP contribution is 2.31. The van der Waals surface area contributed by atoms with E-state index in [1.54, 1.807) is 6.07 Å². The molecule has 0 N–H and O–H groups in total. The molecule has 4 aromatic rings. The van der Waals surface area contributed by atoms with Crippen molar-refractivity contribution in [1.82, 2.24) is 15.1 Å². The number of halogens is 1. The number of carbonyl (C=O) groups is 1. The van der Waals surface area contributed by atoms with Crippen LogP contribution in [0.5, 0.6) is 0 Å². The van der Waals surface area contributed by atoms with E-state index in [1.807, 2.05) is 65.6 Å². The maximum atomic E-state index is 13.2. The molecule has 31 heavy (non-hydrogen) atoms. The Morgan fingerprint density at radius 2 is 1.58 bits per heavy atom. The van der Waals surface area contributed by atoms with E-state index in [1.165, 1.54) is 0 Å². The zero-order valence-electron chi connectivity index (χ0n) is 16.7. The number of carbonyl (C=O) groups excluding carboxylic acids is 1. The quantitative estimate of drug-likeness (QED) is 0.385. The van der Waals surface area contributed by atoms with Gasteiger partial charge in [-0.05, 0) is 48.2 Å². The fraction of sp³-hybridized carbons (Fsp3) is 0.160. The number of hydrogen-bond acceptors (Lipinski definition) is 4. The van der Waals surface area contributed by atoms with Crippen LogP contribution < -0.4 is 0 Å². The lowest BCUT2D eigenvalue weighted by molar-refractivity contribution is 0.0714. The van der Waals surface area contributed by atoms with E-state index in [-0.39, 0.29) is 18.5 Å². The van der Waals surface area contributed by atoms with Crippen molar-refractivity contribution in [3.63, 3.8) is 0 Å². The monoisotopic (exact) mass is 429 g/mol. The van der Waals surface area contributed by atoms with Gasteiger partial charge in [-0.15, -0.1) is 10.2 Å². The van der Waals surface area contributed by atoms with Gasteiger partial charge in [0.25, 0.3) is 5.91 Å². The second-order valence-electron chi connectivity index (χ2n) is 7.59. The third kappa shape index (κ3) is 4.23. The van der Waals surface area contributed by atoms with E-state index in [0.717, 1.165) is 24.0 Å². The Morgan fingerprint density at radius 3 is 2.29 bits per heavy atom. The van der Waals surface area contributed by atoms with Crippen LogP contribution in [0.2, 0.25) is 5.02 Å². The van der Waals surface area contributed by atoms with Crippen LogP contribution >= 0.6 is 11.6 Å². The average molecular weight is 430 g/mol. The van der Waals surface area contributed by atoms with Crippen molar-refractivity contribution in [2.75, 3.05) is 0 Å². The Balaban J connectivity index is 1.35. The number of nitrogens with zero attached hydrogens (tertiary/aromatic N) is 3. The molecule has 1 saturated carbocycles. The molecule has 0 radical (unpaired) electrons. The van der Waals surface area contributed by atoms with Gasteiger partial charge in [-0.2, -0.15) is 0 Å². The summed E-state index contributed by atoms with van der Waals surface area (Å²) in [5, 5.41) is 8.81. The summed E-state index contributed by atoms with van der Waals surface area (Å²) in [7, 11) is 0. The summed E-state index contributed by atoms with van der Waals surface area (Å²) in [4.78, 5) is 15.0.